The number of carbonyl (C=O) groups excluding carboxylic acids is 2. The molecule has 4 nitrogen and oxygen atoms in total. The molecule has 1 aliphatic rings. The largest absolute Gasteiger partial charge is 0.347 e. The van der Waals surface area contributed by atoms with Gasteiger partial charge in [-0.15, -0.1) is 0 Å². The summed E-state index contributed by atoms with van der Waals surface area (Å²) in [6, 6.07) is -0.413. The zero-order valence-corrected chi connectivity index (χ0v) is 10.5. The molecule has 1 aliphatic carbocycles. The van der Waals surface area contributed by atoms with Crippen molar-refractivity contribution in [2.45, 2.75) is 45.1 Å². The lowest BCUT2D eigenvalue weighted by atomic mass is 10.0. The number of likely N-dealkylation sites (N-methyl/N-ethyl adjacent to an activating group) is 1. The zero-order chi connectivity index (χ0) is 12.1. The molecule has 0 unspecified atom stereocenters. The average molecular weight is 226 g/mol. The van der Waals surface area contributed by atoms with Gasteiger partial charge in [-0.05, 0) is 25.7 Å². The Morgan fingerprint density at radius 1 is 1.31 bits per heavy atom. The van der Waals surface area contributed by atoms with Crippen LogP contribution in [0, 0.1) is 5.92 Å². The molecule has 0 aromatic carbocycles. The number of nitrogens with one attached hydrogen (secondary N) is 1. The SMILES string of the molecule is C[C@@H](NC(=O)CC1CCCC1)C(=O)N(C)C. The topological polar surface area (TPSA) is 49.4 Å². The molecule has 0 spiro atoms. The van der Waals surface area contributed by atoms with Crippen molar-refractivity contribution in [1.82, 2.24) is 10.2 Å². The molecule has 1 saturated carbocycles. The molecule has 0 heterocycles. The maximum Gasteiger partial charge on any atom is 0.244 e. The summed E-state index contributed by atoms with van der Waals surface area (Å²) in [5.41, 5.74) is 0. The highest BCUT2D eigenvalue weighted by Gasteiger charge is 2.21. The van der Waals surface area contributed by atoms with Crippen molar-refractivity contribution in [2.75, 3.05) is 14.1 Å². The molecule has 0 radical (unpaired) electrons. The van der Waals surface area contributed by atoms with Crippen molar-refractivity contribution in [3.63, 3.8) is 0 Å². The van der Waals surface area contributed by atoms with E-state index in [0.717, 1.165) is 12.8 Å². The van der Waals surface area contributed by atoms with E-state index < -0.39 is 6.04 Å². The Labute approximate surface area is 97.4 Å². The predicted octanol–water partition coefficient (Wildman–Crippen LogP) is 1.16. The van der Waals surface area contributed by atoms with Crippen molar-refractivity contribution < 1.29 is 9.59 Å². The Bertz CT molecular complexity index is 258. The monoisotopic (exact) mass is 226 g/mol. The van der Waals surface area contributed by atoms with Gasteiger partial charge in [-0.25, -0.2) is 0 Å². The van der Waals surface area contributed by atoms with Crippen LogP contribution in [0.15, 0.2) is 0 Å². The quantitative estimate of drug-likeness (QED) is 0.782. The van der Waals surface area contributed by atoms with Gasteiger partial charge in [0.25, 0.3) is 0 Å². The minimum absolute atomic E-state index is 0.00889. The smallest absolute Gasteiger partial charge is 0.244 e. The van der Waals surface area contributed by atoms with E-state index in [1.165, 1.54) is 17.7 Å². The molecule has 0 aliphatic heterocycles. The van der Waals surface area contributed by atoms with Gasteiger partial charge >= 0.3 is 0 Å². The van der Waals surface area contributed by atoms with E-state index in [1.807, 2.05) is 0 Å². The van der Waals surface area contributed by atoms with Gasteiger partial charge in [0, 0.05) is 20.5 Å². The van der Waals surface area contributed by atoms with E-state index in [9.17, 15) is 9.59 Å². The lowest BCUT2D eigenvalue weighted by Gasteiger charge is -2.18. The van der Waals surface area contributed by atoms with Gasteiger partial charge in [-0.2, -0.15) is 0 Å². The van der Waals surface area contributed by atoms with Crippen molar-refractivity contribution in [2.24, 2.45) is 5.92 Å². The first-order valence-electron chi connectivity index (χ1n) is 6.01. The standard InChI is InChI=1S/C12H22N2O2/c1-9(12(16)14(2)3)13-11(15)8-10-6-4-5-7-10/h9-10H,4-8H2,1-3H3,(H,13,15)/t9-/m1/s1. The molecule has 0 bridgehead atoms. The Balaban J connectivity index is 2.30. The summed E-state index contributed by atoms with van der Waals surface area (Å²) >= 11 is 0. The van der Waals surface area contributed by atoms with Crippen LogP contribution in [0.1, 0.15) is 39.0 Å². The lowest BCUT2D eigenvalue weighted by molar-refractivity contribution is -0.134. The summed E-state index contributed by atoms with van der Waals surface area (Å²) in [5.74, 6) is 0.482. The summed E-state index contributed by atoms with van der Waals surface area (Å²) in [6.45, 7) is 1.73. The number of carbonyl (C=O) groups is 2. The first-order valence-corrected chi connectivity index (χ1v) is 6.01. The van der Waals surface area contributed by atoms with Crippen LogP contribution in [0.25, 0.3) is 0 Å². The minimum Gasteiger partial charge on any atom is -0.347 e. The van der Waals surface area contributed by atoms with Crippen LogP contribution >= 0.6 is 0 Å². The van der Waals surface area contributed by atoms with Crippen LogP contribution in [0.3, 0.4) is 0 Å². The fraction of sp³-hybridized carbons (Fsp3) is 0.833. The molecule has 1 fully saturated rings. The molecule has 0 aromatic rings. The number of hydrogen-bond donors (Lipinski definition) is 1. The first-order chi connectivity index (χ1) is 7.50. The van der Waals surface area contributed by atoms with Gasteiger partial charge < -0.3 is 10.2 Å². The third-order valence-corrected chi connectivity index (χ3v) is 3.14. The van der Waals surface area contributed by atoms with Gasteiger partial charge in [-0.1, -0.05) is 12.8 Å². The van der Waals surface area contributed by atoms with Crippen LogP contribution in [-0.4, -0.2) is 36.9 Å². The summed E-state index contributed by atoms with van der Waals surface area (Å²) in [6.07, 6.45) is 5.37. The highest BCUT2D eigenvalue weighted by molar-refractivity contribution is 5.87. The fourth-order valence-electron chi connectivity index (χ4n) is 2.23. The van der Waals surface area contributed by atoms with Crippen LogP contribution < -0.4 is 5.32 Å². The molecule has 0 aromatic heterocycles. The van der Waals surface area contributed by atoms with E-state index in [0.29, 0.717) is 12.3 Å². The minimum atomic E-state index is -0.413. The number of nitrogens with zero attached hydrogens (tertiary/aromatic N) is 1. The highest BCUT2D eigenvalue weighted by atomic mass is 16.2. The highest BCUT2D eigenvalue weighted by Crippen LogP contribution is 2.27. The third kappa shape index (κ3) is 3.83. The van der Waals surface area contributed by atoms with Crippen LogP contribution in [0.4, 0.5) is 0 Å². The summed E-state index contributed by atoms with van der Waals surface area (Å²) in [4.78, 5) is 24.7. The summed E-state index contributed by atoms with van der Waals surface area (Å²) in [7, 11) is 3.39. The second-order valence-corrected chi connectivity index (χ2v) is 4.88. The molecule has 4 heteroatoms. The molecular formula is C12H22N2O2. The predicted molar refractivity (Wildman–Crippen MR) is 62.9 cm³/mol. The lowest BCUT2D eigenvalue weighted by Crippen LogP contribution is -2.44. The molecule has 1 atom stereocenters. The Hall–Kier alpha value is -1.06. The van der Waals surface area contributed by atoms with Crippen LogP contribution in [0.2, 0.25) is 0 Å². The van der Waals surface area contributed by atoms with Gasteiger partial charge in [0.05, 0.1) is 0 Å². The Morgan fingerprint density at radius 3 is 2.38 bits per heavy atom. The maximum absolute atomic E-state index is 11.7. The van der Waals surface area contributed by atoms with Crippen molar-refractivity contribution in [3.05, 3.63) is 0 Å². The molecule has 0 saturated heterocycles. The van der Waals surface area contributed by atoms with E-state index in [1.54, 1.807) is 21.0 Å². The first kappa shape index (κ1) is 13.0. The van der Waals surface area contributed by atoms with E-state index >= 15 is 0 Å². The second-order valence-electron chi connectivity index (χ2n) is 4.88. The number of rotatable bonds is 4. The normalized spacial score (nSPS) is 18.2. The number of hydrogen-bond acceptors (Lipinski definition) is 2. The van der Waals surface area contributed by atoms with Crippen LogP contribution in [-0.2, 0) is 9.59 Å². The fourth-order valence-corrected chi connectivity index (χ4v) is 2.23. The molecular weight excluding hydrogens is 204 g/mol. The van der Waals surface area contributed by atoms with Crippen molar-refractivity contribution in [3.8, 4) is 0 Å². The molecule has 1 rings (SSSR count). The van der Waals surface area contributed by atoms with Gasteiger partial charge in [-0.3, -0.25) is 9.59 Å². The average Bonchev–Trinajstić information content (AvgIpc) is 2.68. The van der Waals surface area contributed by atoms with E-state index in [4.69, 9.17) is 0 Å². The van der Waals surface area contributed by atoms with E-state index in [2.05, 4.69) is 5.32 Å². The molecule has 92 valence electrons. The summed E-state index contributed by atoms with van der Waals surface area (Å²) < 4.78 is 0. The second kappa shape index (κ2) is 5.87. The van der Waals surface area contributed by atoms with Gasteiger partial charge in [0.15, 0.2) is 0 Å². The molecule has 16 heavy (non-hydrogen) atoms. The molecule has 1 N–H and O–H groups in total. The van der Waals surface area contributed by atoms with Gasteiger partial charge in [0.2, 0.25) is 11.8 Å². The van der Waals surface area contributed by atoms with Crippen LogP contribution in [0.5, 0.6) is 0 Å². The maximum atomic E-state index is 11.7. The Kier molecular flexibility index (Phi) is 4.77. The third-order valence-electron chi connectivity index (χ3n) is 3.14. The van der Waals surface area contributed by atoms with Gasteiger partial charge in [0.1, 0.15) is 6.04 Å². The zero-order valence-electron chi connectivity index (χ0n) is 10.5. The summed E-state index contributed by atoms with van der Waals surface area (Å²) in [5, 5.41) is 2.76. The molecule has 2 amide bonds. The van der Waals surface area contributed by atoms with E-state index in [-0.39, 0.29) is 11.8 Å². The van der Waals surface area contributed by atoms with Crippen molar-refractivity contribution >= 4 is 11.8 Å². The van der Waals surface area contributed by atoms with Crippen molar-refractivity contribution in [1.29, 1.82) is 0 Å². The Morgan fingerprint density at radius 2 is 1.88 bits per heavy atom. The number of amides is 2.